The van der Waals surface area contributed by atoms with Gasteiger partial charge >= 0.3 is 18.1 Å². The first-order valence-electron chi connectivity index (χ1n) is 5.90. The van der Waals surface area contributed by atoms with Gasteiger partial charge in [0.05, 0.1) is 0 Å². The van der Waals surface area contributed by atoms with Crippen LogP contribution in [0.2, 0.25) is 0 Å². The van der Waals surface area contributed by atoms with E-state index in [2.05, 4.69) is 4.98 Å². The van der Waals surface area contributed by atoms with E-state index in [9.17, 15) is 22.8 Å². The van der Waals surface area contributed by atoms with Crippen molar-refractivity contribution in [3.05, 3.63) is 40.9 Å². The molecule has 0 fully saturated rings. The fraction of sp³-hybridized carbons (Fsp3) is 0.154. The second-order valence-electron chi connectivity index (χ2n) is 4.22. The van der Waals surface area contributed by atoms with Gasteiger partial charge in [-0.3, -0.25) is 4.79 Å². The molecule has 0 atom stereocenters. The summed E-state index contributed by atoms with van der Waals surface area (Å²) in [4.78, 5) is 25.4. The van der Waals surface area contributed by atoms with Crippen LogP contribution in [0.3, 0.4) is 0 Å². The Bertz CT molecular complexity index is 713. The van der Waals surface area contributed by atoms with Gasteiger partial charge in [0.25, 0.3) is 0 Å². The van der Waals surface area contributed by atoms with Gasteiger partial charge in [0.2, 0.25) is 0 Å². The second kappa shape index (κ2) is 6.14. The van der Waals surface area contributed by atoms with Crippen molar-refractivity contribution in [1.82, 2.24) is 10.3 Å². The van der Waals surface area contributed by atoms with Gasteiger partial charge < -0.3 is 10.4 Å². The fourth-order valence-electron chi connectivity index (χ4n) is 1.60. The van der Waals surface area contributed by atoms with E-state index in [0.29, 0.717) is 16.1 Å². The van der Waals surface area contributed by atoms with Crippen molar-refractivity contribution < 1.29 is 27.9 Å². The summed E-state index contributed by atoms with van der Waals surface area (Å²) in [6, 6.07) is 6.33. The number of thiazole rings is 1. The number of nitrogens with zero attached hydrogens (tertiary/aromatic N) is 1. The lowest BCUT2D eigenvalue weighted by atomic mass is 10.1. The van der Waals surface area contributed by atoms with Crippen LogP contribution in [0.4, 0.5) is 13.2 Å². The molecular weight excluding hydrogens is 321 g/mol. The lowest BCUT2D eigenvalue weighted by Gasteiger charge is -2.08. The van der Waals surface area contributed by atoms with E-state index in [1.54, 1.807) is 29.6 Å². The number of halogens is 3. The Kier molecular flexibility index (Phi) is 4.45. The first-order valence-corrected chi connectivity index (χ1v) is 6.78. The monoisotopic (exact) mass is 330 g/mol. The van der Waals surface area contributed by atoms with Crippen molar-refractivity contribution in [2.24, 2.45) is 0 Å². The minimum absolute atomic E-state index is 0.101. The summed E-state index contributed by atoms with van der Waals surface area (Å²) >= 11 is 1.11. The van der Waals surface area contributed by atoms with Crippen molar-refractivity contribution in [3.8, 4) is 10.6 Å². The predicted molar refractivity (Wildman–Crippen MR) is 72.4 cm³/mol. The van der Waals surface area contributed by atoms with Gasteiger partial charge in [-0.1, -0.05) is 18.2 Å². The molecule has 2 aromatic rings. The fourth-order valence-corrected chi connectivity index (χ4v) is 2.39. The topological polar surface area (TPSA) is 79.3 Å². The van der Waals surface area contributed by atoms with Crippen LogP contribution < -0.4 is 5.32 Å². The second-order valence-corrected chi connectivity index (χ2v) is 5.08. The summed E-state index contributed by atoms with van der Waals surface area (Å²) in [5.41, 5.74) is 0.911. The summed E-state index contributed by atoms with van der Waals surface area (Å²) in [5.74, 6) is -3.17. The molecule has 5 nitrogen and oxygen atoms in total. The molecule has 0 saturated heterocycles. The minimum Gasteiger partial charge on any atom is -0.476 e. The molecule has 0 aliphatic heterocycles. The van der Waals surface area contributed by atoms with Crippen LogP contribution in [0, 0.1) is 0 Å². The van der Waals surface area contributed by atoms with Crippen molar-refractivity contribution in [2.45, 2.75) is 12.7 Å². The lowest BCUT2D eigenvalue weighted by molar-refractivity contribution is -0.173. The summed E-state index contributed by atoms with van der Waals surface area (Å²) in [7, 11) is 0. The number of carbonyl (C=O) groups excluding carboxylic acids is 1. The van der Waals surface area contributed by atoms with Gasteiger partial charge in [-0.25, -0.2) is 9.78 Å². The van der Waals surface area contributed by atoms with Crippen LogP contribution in [0.1, 0.15) is 16.1 Å². The van der Waals surface area contributed by atoms with Gasteiger partial charge in [-0.05, 0) is 11.6 Å². The molecule has 2 rings (SSSR count). The zero-order valence-corrected chi connectivity index (χ0v) is 11.7. The number of carbonyl (C=O) groups is 2. The summed E-state index contributed by atoms with van der Waals surface area (Å²) in [5, 5.41) is 12.4. The van der Waals surface area contributed by atoms with E-state index < -0.39 is 18.1 Å². The van der Waals surface area contributed by atoms with Gasteiger partial charge in [-0.15, -0.1) is 11.3 Å². The summed E-state index contributed by atoms with van der Waals surface area (Å²) < 4.78 is 36.3. The van der Waals surface area contributed by atoms with Crippen molar-refractivity contribution in [1.29, 1.82) is 0 Å². The number of carboxylic acid groups (broad SMARTS) is 1. The number of nitrogens with one attached hydrogen (secondary N) is 1. The summed E-state index contributed by atoms with van der Waals surface area (Å²) in [6.07, 6.45) is -4.93. The Labute approximate surface area is 126 Å². The van der Waals surface area contributed by atoms with Crippen molar-refractivity contribution >= 4 is 23.2 Å². The van der Waals surface area contributed by atoms with Gasteiger partial charge in [0, 0.05) is 17.5 Å². The maximum absolute atomic E-state index is 12.1. The molecule has 2 N–H and O–H groups in total. The number of hydrogen-bond donors (Lipinski definition) is 2. The minimum atomic E-state index is -4.93. The highest BCUT2D eigenvalue weighted by Gasteiger charge is 2.38. The number of benzene rings is 1. The number of carboxylic acids is 1. The maximum Gasteiger partial charge on any atom is 0.471 e. The first kappa shape index (κ1) is 16.0. The molecule has 0 bridgehead atoms. The van der Waals surface area contributed by atoms with Crippen LogP contribution >= 0.6 is 11.3 Å². The third kappa shape index (κ3) is 3.82. The molecule has 0 radical (unpaired) electrons. The Morgan fingerprint density at radius 2 is 2.05 bits per heavy atom. The van der Waals surface area contributed by atoms with E-state index >= 15 is 0 Å². The van der Waals surface area contributed by atoms with Crippen molar-refractivity contribution in [3.63, 3.8) is 0 Å². The molecular formula is C13H9F3N2O3S. The van der Waals surface area contributed by atoms with E-state index in [-0.39, 0.29) is 12.2 Å². The van der Waals surface area contributed by atoms with Crippen LogP contribution in [0.25, 0.3) is 10.6 Å². The smallest absolute Gasteiger partial charge is 0.471 e. The van der Waals surface area contributed by atoms with Gasteiger partial charge in [-0.2, -0.15) is 13.2 Å². The largest absolute Gasteiger partial charge is 0.476 e. The van der Waals surface area contributed by atoms with Crippen molar-refractivity contribution in [2.75, 3.05) is 0 Å². The normalized spacial score (nSPS) is 11.2. The molecule has 0 aliphatic carbocycles. The third-order valence-electron chi connectivity index (χ3n) is 2.61. The standard InChI is InChI=1S/C13H9F3N2O3S/c14-13(15,16)12(21)17-5-7-2-1-3-8(4-7)10-18-9(6-22-10)11(19)20/h1-4,6H,5H2,(H,17,21)(H,19,20). The first-order chi connectivity index (χ1) is 10.3. The molecule has 1 aromatic heterocycles. The SMILES string of the molecule is O=C(O)c1csc(-c2cccc(CNC(=O)C(F)(F)F)c2)n1. The predicted octanol–water partition coefficient (Wildman–Crippen LogP) is 2.69. The number of amides is 1. The Morgan fingerprint density at radius 3 is 2.64 bits per heavy atom. The van der Waals surface area contributed by atoms with Crippen LogP contribution in [-0.4, -0.2) is 28.1 Å². The van der Waals surface area contributed by atoms with Crippen LogP contribution in [0.15, 0.2) is 29.6 Å². The van der Waals surface area contributed by atoms with Crippen LogP contribution in [-0.2, 0) is 11.3 Å². The highest BCUT2D eigenvalue weighted by molar-refractivity contribution is 7.13. The molecule has 0 spiro atoms. The maximum atomic E-state index is 12.1. The molecule has 0 saturated carbocycles. The number of aromatic nitrogens is 1. The average molecular weight is 330 g/mol. The molecule has 22 heavy (non-hydrogen) atoms. The van der Waals surface area contributed by atoms with E-state index in [4.69, 9.17) is 5.11 Å². The van der Waals surface area contributed by atoms with Gasteiger partial charge in [0.1, 0.15) is 5.01 Å². The summed E-state index contributed by atoms with van der Waals surface area (Å²) in [6.45, 7) is -0.288. The lowest BCUT2D eigenvalue weighted by Crippen LogP contribution is -2.36. The molecule has 116 valence electrons. The quantitative estimate of drug-likeness (QED) is 0.903. The molecule has 1 heterocycles. The molecule has 1 amide bonds. The Hall–Kier alpha value is -2.42. The highest BCUT2D eigenvalue weighted by atomic mass is 32.1. The average Bonchev–Trinajstić information content (AvgIpc) is 2.94. The van der Waals surface area contributed by atoms with E-state index in [0.717, 1.165) is 11.3 Å². The van der Waals surface area contributed by atoms with Crippen LogP contribution in [0.5, 0.6) is 0 Å². The molecule has 0 aliphatic rings. The number of alkyl halides is 3. The zero-order valence-electron chi connectivity index (χ0n) is 10.8. The van der Waals surface area contributed by atoms with Gasteiger partial charge in [0.15, 0.2) is 5.69 Å². The number of rotatable bonds is 4. The number of aromatic carboxylic acids is 1. The Morgan fingerprint density at radius 1 is 1.32 bits per heavy atom. The zero-order chi connectivity index (χ0) is 16.3. The Balaban J connectivity index is 2.13. The number of hydrogen-bond acceptors (Lipinski definition) is 4. The highest BCUT2D eigenvalue weighted by Crippen LogP contribution is 2.24. The van der Waals surface area contributed by atoms with E-state index in [1.165, 1.54) is 5.38 Å². The van der Waals surface area contributed by atoms with E-state index in [1.807, 2.05) is 0 Å². The molecule has 1 aromatic carbocycles. The molecule has 9 heteroatoms. The third-order valence-corrected chi connectivity index (χ3v) is 3.50. The molecule has 0 unspecified atom stereocenters.